The van der Waals surface area contributed by atoms with Crippen LogP contribution in [-0.2, 0) is 22.6 Å². The van der Waals surface area contributed by atoms with Crippen LogP contribution in [0.15, 0.2) is 29.1 Å². The summed E-state index contributed by atoms with van der Waals surface area (Å²) in [7, 11) is 3.14. The van der Waals surface area contributed by atoms with E-state index in [0.29, 0.717) is 13.1 Å². The smallest absolute Gasteiger partial charge is 0.329 e. The molecule has 98 valence electrons. The molecule has 0 fully saturated rings. The zero-order chi connectivity index (χ0) is 13.1. The standard InChI is InChI=1S/C13H18N2O3/c1-4-14-10-7-5-6-8-11(10)15(13(14)16)9-12(17-2)18-3/h5-8,12H,4,9H2,1-3H3. The lowest BCUT2D eigenvalue weighted by Gasteiger charge is -2.13. The van der Waals surface area contributed by atoms with Gasteiger partial charge in [0, 0.05) is 20.8 Å². The summed E-state index contributed by atoms with van der Waals surface area (Å²) in [5.74, 6) is 0. The van der Waals surface area contributed by atoms with Gasteiger partial charge >= 0.3 is 5.69 Å². The van der Waals surface area contributed by atoms with Gasteiger partial charge in [-0.2, -0.15) is 0 Å². The highest BCUT2D eigenvalue weighted by Gasteiger charge is 2.15. The average molecular weight is 250 g/mol. The van der Waals surface area contributed by atoms with Crippen molar-refractivity contribution in [2.24, 2.45) is 0 Å². The molecule has 0 saturated heterocycles. The Morgan fingerprint density at radius 3 is 2.17 bits per heavy atom. The number of nitrogens with zero attached hydrogens (tertiary/aromatic N) is 2. The molecule has 18 heavy (non-hydrogen) atoms. The predicted molar refractivity (Wildman–Crippen MR) is 69.7 cm³/mol. The lowest BCUT2D eigenvalue weighted by molar-refractivity contribution is -0.110. The van der Waals surface area contributed by atoms with Gasteiger partial charge in [-0.3, -0.25) is 9.13 Å². The van der Waals surface area contributed by atoms with Gasteiger partial charge in [0.25, 0.3) is 0 Å². The van der Waals surface area contributed by atoms with Gasteiger partial charge in [0.2, 0.25) is 0 Å². The maximum atomic E-state index is 12.3. The van der Waals surface area contributed by atoms with Crippen LogP contribution in [0.3, 0.4) is 0 Å². The first-order valence-corrected chi connectivity index (χ1v) is 5.96. The molecule has 5 heteroatoms. The number of ether oxygens (including phenoxy) is 2. The molecule has 0 atom stereocenters. The minimum Gasteiger partial charge on any atom is -0.354 e. The maximum Gasteiger partial charge on any atom is 0.329 e. The molecule has 0 aliphatic carbocycles. The normalized spacial score (nSPS) is 11.6. The van der Waals surface area contributed by atoms with Gasteiger partial charge in [-0.1, -0.05) is 12.1 Å². The Balaban J connectivity index is 2.56. The summed E-state index contributed by atoms with van der Waals surface area (Å²) in [5, 5.41) is 0. The van der Waals surface area contributed by atoms with Crippen molar-refractivity contribution in [2.75, 3.05) is 14.2 Å². The monoisotopic (exact) mass is 250 g/mol. The molecule has 5 nitrogen and oxygen atoms in total. The van der Waals surface area contributed by atoms with Crippen LogP contribution in [0.4, 0.5) is 0 Å². The summed E-state index contributed by atoms with van der Waals surface area (Å²) in [6.07, 6.45) is -0.418. The first-order chi connectivity index (χ1) is 8.72. The fourth-order valence-electron chi connectivity index (χ4n) is 2.15. The summed E-state index contributed by atoms with van der Waals surface area (Å²) in [4.78, 5) is 12.3. The van der Waals surface area contributed by atoms with Gasteiger partial charge in [0.1, 0.15) is 0 Å². The molecule has 0 amide bonds. The molecule has 1 aromatic heterocycles. The zero-order valence-electron chi connectivity index (χ0n) is 10.9. The number of hydrogen-bond donors (Lipinski definition) is 0. The van der Waals surface area contributed by atoms with Gasteiger partial charge in [-0.15, -0.1) is 0 Å². The van der Waals surface area contributed by atoms with E-state index in [9.17, 15) is 4.79 Å². The Labute approximate surface area is 106 Å². The second-order valence-corrected chi connectivity index (χ2v) is 4.03. The number of para-hydroxylation sites is 2. The quantitative estimate of drug-likeness (QED) is 0.754. The number of aromatic nitrogens is 2. The lowest BCUT2D eigenvalue weighted by atomic mass is 10.3. The van der Waals surface area contributed by atoms with Crippen molar-refractivity contribution in [1.82, 2.24) is 9.13 Å². The van der Waals surface area contributed by atoms with E-state index in [1.165, 1.54) is 0 Å². The fraction of sp³-hybridized carbons (Fsp3) is 0.462. The van der Waals surface area contributed by atoms with E-state index >= 15 is 0 Å². The summed E-state index contributed by atoms with van der Waals surface area (Å²) in [5.41, 5.74) is 1.82. The lowest BCUT2D eigenvalue weighted by Crippen LogP contribution is -2.30. The van der Waals surface area contributed by atoms with Crippen LogP contribution in [0.2, 0.25) is 0 Å². The highest BCUT2D eigenvalue weighted by molar-refractivity contribution is 5.75. The molecular formula is C13H18N2O3. The highest BCUT2D eigenvalue weighted by atomic mass is 16.7. The Kier molecular flexibility index (Phi) is 3.84. The van der Waals surface area contributed by atoms with Crippen molar-refractivity contribution in [3.05, 3.63) is 34.7 Å². The first kappa shape index (κ1) is 12.9. The van der Waals surface area contributed by atoms with Crippen molar-refractivity contribution >= 4 is 11.0 Å². The van der Waals surface area contributed by atoms with E-state index in [0.717, 1.165) is 11.0 Å². The van der Waals surface area contributed by atoms with Crippen LogP contribution in [0.25, 0.3) is 11.0 Å². The number of benzene rings is 1. The molecule has 0 bridgehead atoms. The minimum absolute atomic E-state index is 0.0298. The van der Waals surface area contributed by atoms with Crippen LogP contribution in [0, 0.1) is 0 Å². The van der Waals surface area contributed by atoms with Crippen molar-refractivity contribution in [1.29, 1.82) is 0 Å². The number of hydrogen-bond acceptors (Lipinski definition) is 3. The van der Waals surface area contributed by atoms with Crippen molar-refractivity contribution in [2.45, 2.75) is 26.3 Å². The number of aryl methyl sites for hydroxylation is 1. The van der Waals surface area contributed by atoms with Crippen molar-refractivity contribution in [3.63, 3.8) is 0 Å². The van der Waals surface area contributed by atoms with Crippen molar-refractivity contribution < 1.29 is 9.47 Å². The van der Waals surface area contributed by atoms with Gasteiger partial charge in [0.15, 0.2) is 6.29 Å². The summed E-state index contributed by atoms with van der Waals surface area (Å²) in [6, 6.07) is 7.74. The number of rotatable bonds is 5. The van der Waals surface area contributed by atoms with Crippen LogP contribution < -0.4 is 5.69 Å². The molecule has 0 unspecified atom stereocenters. The third kappa shape index (κ3) is 2.07. The molecule has 0 saturated carbocycles. The number of fused-ring (bicyclic) bond motifs is 1. The third-order valence-electron chi connectivity index (χ3n) is 3.10. The van der Waals surface area contributed by atoms with Crippen LogP contribution in [0.5, 0.6) is 0 Å². The maximum absolute atomic E-state index is 12.3. The minimum atomic E-state index is -0.418. The molecule has 0 radical (unpaired) electrons. The molecule has 0 aliphatic rings. The number of imidazole rings is 1. The van der Waals surface area contributed by atoms with Crippen LogP contribution in [0.1, 0.15) is 6.92 Å². The van der Waals surface area contributed by atoms with E-state index < -0.39 is 6.29 Å². The van der Waals surface area contributed by atoms with E-state index in [-0.39, 0.29) is 5.69 Å². The summed E-state index contributed by atoms with van der Waals surface area (Å²) < 4.78 is 13.8. The third-order valence-corrected chi connectivity index (χ3v) is 3.10. The summed E-state index contributed by atoms with van der Waals surface area (Å²) >= 11 is 0. The molecule has 1 heterocycles. The van der Waals surface area contributed by atoms with E-state index in [4.69, 9.17) is 9.47 Å². The first-order valence-electron chi connectivity index (χ1n) is 5.96. The molecule has 2 rings (SSSR count). The highest BCUT2D eigenvalue weighted by Crippen LogP contribution is 2.13. The van der Waals surface area contributed by atoms with E-state index in [1.807, 2.05) is 31.2 Å². The predicted octanol–water partition coefficient (Wildman–Crippen LogP) is 1.44. The molecular weight excluding hydrogens is 232 g/mol. The van der Waals surface area contributed by atoms with Gasteiger partial charge in [-0.05, 0) is 19.1 Å². The van der Waals surface area contributed by atoms with E-state index in [2.05, 4.69) is 0 Å². The SMILES string of the molecule is CCn1c(=O)n(CC(OC)OC)c2ccccc21. The molecule has 0 aliphatic heterocycles. The van der Waals surface area contributed by atoms with Gasteiger partial charge < -0.3 is 9.47 Å². The molecule has 0 spiro atoms. The topological polar surface area (TPSA) is 45.4 Å². The van der Waals surface area contributed by atoms with E-state index in [1.54, 1.807) is 23.4 Å². The number of methoxy groups -OCH3 is 2. The van der Waals surface area contributed by atoms with Crippen molar-refractivity contribution in [3.8, 4) is 0 Å². The Bertz CT molecular complexity index is 581. The molecule has 0 N–H and O–H groups in total. The summed E-state index contributed by atoms with van der Waals surface area (Å²) in [6.45, 7) is 3.00. The Morgan fingerprint density at radius 1 is 1.11 bits per heavy atom. The second kappa shape index (κ2) is 5.37. The fourth-order valence-corrected chi connectivity index (χ4v) is 2.15. The average Bonchev–Trinajstić information content (AvgIpc) is 2.68. The molecule has 1 aromatic carbocycles. The Morgan fingerprint density at radius 2 is 1.67 bits per heavy atom. The molecule has 2 aromatic rings. The second-order valence-electron chi connectivity index (χ2n) is 4.03. The largest absolute Gasteiger partial charge is 0.354 e. The Hall–Kier alpha value is -1.59. The zero-order valence-corrected chi connectivity index (χ0v) is 10.9. The van der Waals surface area contributed by atoms with Crippen LogP contribution in [-0.4, -0.2) is 29.6 Å². The van der Waals surface area contributed by atoms with Gasteiger partial charge in [0.05, 0.1) is 17.6 Å². The van der Waals surface area contributed by atoms with Crippen LogP contribution >= 0.6 is 0 Å². The van der Waals surface area contributed by atoms with Gasteiger partial charge in [-0.25, -0.2) is 4.79 Å².